The van der Waals surface area contributed by atoms with Gasteiger partial charge in [-0.2, -0.15) is 13.2 Å². The molecule has 20 heavy (non-hydrogen) atoms. The van der Waals surface area contributed by atoms with Crippen LogP contribution in [-0.2, 0) is 6.18 Å². The van der Waals surface area contributed by atoms with Crippen molar-refractivity contribution < 1.29 is 18.0 Å². The third-order valence-electron chi connectivity index (χ3n) is 3.07. The molecule has 0 fully saturated rings. The van der Waals surface area contributed by atoms with E-state index >= 15 is 0 Å². The molecule has 0 unspecified atom stereocenters. The molecule has 1 aromatic carbocycles. The largest absolute Gasteiger partial charge is 0.416 e. The normalized spacial score (nSPS) is 11.7. The van der Waals surface area contributed by atoms with E-state index in [1.165, 1.54) is 6.07 Å². The van der Waals surface area contributed by atoms with Gasteiger partial charge in [-0.25, -0.2) is 0 Å². The van der Waals surface area contributed by atoms with Crippen molar-refractivity contribution in [3.63, 3.8) is 0 Å². The van der Waals surface area contributed by atoms with Crippen LogP contribution in [0.3, 0.4) is 0 Å². The molecule has 2 rings (SSSR count). The Morgan fingerprint density at radius 2 is 1.80 bits per heavy atom. The molecule has 2 aromatic rings. The quantitative estimate of drug-likeness (QED) is 0.744. The maximum Gasteiger partial charge on any atom is 0.416 e. The van der Waals surface area contributed by atoms with Gasteiger partial charge >= 0.3 is 6.18 Å². The number of aldehydes is 1. The van der Waals surface area contributed by atoms with Crippen molar-refractivity contribution in [2.24, 2.45) is 0 Å². The Labute approximate surface area is 118 Å². The Bertz CT molecular complexity index is 674. The smallest absolute Gasteiger partial charge is 0.318 e. The lowest BCUT2D eigenvalue weighted by molar-refractivity contribution is -0.137. The van der Waals surface area contributed by atoms with Crippen LogP contribution in [0.25, 0.3) is 5.69 Å². The fraction of sp³-hybridized carbons (Fsp3) is 0.214. The molecular weight excluding hydrogens is 291 g/mol. The van der Waals surface area contributed by atoms with Gasteiger partial charge in [0.25, 0.3) is 0 Å². The van der Waals surface area contributed by atoms with Gasteiger partial charge in [-0.05, 0) is 38.1 Å². The van der Waals surface area contributed by atoms with Gasteiger partial charge in [0.2, 0.25) is 0 Å². The zero-order valence-corrected chi connectivity index (χ0v) is 11.5. The summed E-state index contributed by atoms with van der Waals surface area (Å²) in [6, 6.07) is 4.95. The van der Waals surface area contributed by atoms with E-state index in [1.807, 2.05) is 0 Å². The average molecular weight is 302 g/mol. The predicted octanol–water partition coefficient (Wildman–Crippen LogP) is 4.58. The Kier molecular flexibility index (Phi) is 3.65. The van der Waals surface area contributed by atoms with Crippen LogP contribution in [0.1, 0.15) is 27.3 Å². The highest BCUT2D eigenvalue weighted by atomic mass is 35.5. The number of halogens is 4. The lowest BCUT2D eigenvalue weighted by atomic mass is 10.2. The molecule has 0 amide bonds. The minimum atomic E-state index is -4.47. The van der Waals surface area contributed by atoms with Crippen LogP contribution in [0.2, 0.25) is 5.02 Å². The van der Waals surface area contributed by atoms with Crippen molar-refractivity contribution in [2.75, 3.05) is 0 Å². The number of nitrogens with zero attached hydrogens (tertiary/aromatic N) is 1. The highest BCUT2D eigenvalue weighted by Crippen LogP contribution is 2.33. The summed E-state index contributed by atoms with van der Waals surface area (Å²) >= 11 is 5.77. The first-order valence-corrected chi connectivity index (χ1v) is 6.14. The summed E-state index contributed by atoms with van der Waals surface area (Å²) in [5, 5.41) is -0.00465. The molecule has 1 aromatic heterocycles. The summed E-state index contributed by atoms with van der Waals surface area (Å²) in [5.41, 5.74) is 1.15. The molecule has 0 atom stereocenters. The number of alkyl halides is 3. The summed E-state index contributed by atoms with van der Waals surface area (Å²) in [5.74, 6) is 0. The molecule has 0 aliphatic rings. The number of rotatable bonds is 2. The molecule has 1 heterocycles. The third-order valence-corrected chi connectivity index (χ3v) is 3.28. The summed E-state index contributed by atoms with van der Waals surface area (Å²) in [6.45, 7) is 3.39. The average Bonchev–Trinajstić information content (AvgIpc) is 2.62. The Morgan fingerprint density at radius 3 is 2.30 bits per heavy atom. The first-order chi connectivity index (χ1) is 9.24. The number of carbonyl (C=O) groups is 1. The van der Waals surface area contributed by atoms with Gasteiger partial charge in [0.05, 0.1) is 5.56 Å². The number of benzene rings is 1. The monoisotopic (exact) mass is 301 g/mol. The summed E-state index contributed by atoms with van der Waals surface area (Å²) < 4.78 is 40.0. The molecule has 6 heteroatoms. The van der Waals surface area contributed by atoms with E-state index in [4.69, 9.17) is 11.6 Å². The second kappa shape index (κ2) is 4.98. The Hall–Kier alpha value is -1.75. The van der Waals surface area contributed by atoms with E-state index in [9.17, 15) is 18.0 Å². The first kappa shape index (κ1) is 14.7. The van der Waals surface area contributed by atoms with Crippen LogP contribution in [-0.4, -0.2) is 10.9 Å². The SMILES string of the molecule is Cc1cc(C=O)c(C)n1-c1cc(Cl)cc(C(F)(F)F)c1. The van der Waals surface area contributed by atoms with E-state index in [0.29, 0.717) is 23.2 Å². The van der Waals surface area contributed by atoms with Crippen LogP contribution >= 0.6 is 11.6 Å². The molecule has 106 valence electrons. The Balaban J connectivity index is 2.68. The highest BCUT2D eigenvalue weighted by Gasteiger charge is 2.31. The molecule has 0 bridgehead atoms. The van der Waals surface area contributed by atoms with Gasteiger partial charge in [-0.15, -0.1) is 0 Å². The number of hydrogen-bond acceptors (Lipinski definition) is 1. The fourth-order valence-electron chi connectivity index (χ4n) is 2.17. The molecule has 0 saturated heterocycles. The van der Waals surface area contributed by atoms with Crippen molar-refractivity contribution in [1.82, 2.24) is 4.57 Å². The molecule has 0 aliphatic heterocycles. The summed E-state index contributed by atoms with van der Waals surface area (Å²) in [4.78, 5) is 10.9. The van der Waals surface area contributed by atoms with E-state index in [1.54, 1.807) is 24.5 Å². The van der Waals surface area contributed by atoms with E-state index in [0.717, 1.165) is 12.1 Å². The van der Waals surface area contributed by atoms with E-state index < -0.39 is 11.7 Å². The van der Waals surface area contributed by atoms with Gasteiger partial charge in [-0.1, -0.05) is 11.6 Å². The second-order valence-corrected chi connectivity index (χ2v) is 4.91. The van der Waals surface area contributed by atoms with Crippen molar-refractivity contribution >= 4 is 17.9 Å². The van der Waals surface area contributed by atoms with Crippen molar-refractivity contribution in [3.8, 4) is 5.69 Å². The van der Waals surface area contributed by atoms with Crippen LogP contribution < -0.4 is 0 Å². The maximum atomic E-state index is 12.8. The zero-order chi connectivity index (χ0) is 15.1. The lowest BCUT2D eigenvalue weighted by Gasteiger charge is -2.14. The topological polar surface area (TPSA) is 22.0 Å². The number of hydrogen-bond donors (Lipinski definition) is 0. The lowest BCUT2D eigenvalue weighted by Crippen LogP contribution is -2.07. The molecule has 0 radical (unpaired) electrons. The Morgan fingerprint density at radius 1 is 1.15 bits per heavy atom. The second-order valence-electron chi connectivity index (χ2n) is 4.48. The number of aryl methyl sites for hydroxylation is 1. The van der Waals surface area contributed by atoms with Crippen LogP contribution in [0.15, 0.2) is 24.3 Å². The first-order valence-electron chi connectivity index (χ1n) is 5.76. The van der Waals surface area contributed by atoms with Crippen molar-refractivity contribution in [3.05, 3.63) is 51.8 Å². The molecular formula is C14H11ClF3NO. The summed E-state index contributed by atoms with van der Waals surface area (Å²) in [6.07, 6.45) is -3.80. The van der Waals surface area contributed by atoms with Crippen LogP contribution in [0.4, 0.5) is 13.2 Å². The van der Waals surface area contributed by atoms with Gasteiger partial charge in [0.1, 0.15) is 0 Å². The molecule has 2 nitrogen and oxygen atoms in total. The predicted molar refractivity (Wildman–Crippen MR) is 70.6 cm³/mol. The zero-order valence-electron chi connectivity index (χ0n) is 10.8. The van der Waals surface area contributed by atoms with Gasteiger partial charge in [0, 0.05) is 27.7 Å². The number of carbonyl (C=O) groups excluding carboxylic acids is 1. The molecule has 0 aliphatic carbocycles. The van der Waals surface area contributed by atoms with Crippen molar-refractivity contribution in [1.29, 1.82) is 0 Å². The van der Waals surface area contributed by atoms with E-state index in [-0.39, 0.29) is 10.7 Å². The number of aromatic nitrogens is 1. The minimum absolute atomic E-state index is 0.00465. The van der Waals surface area contributed by atoms with Gasteiger partial charge < -0.3 is 4.57 Å². The van der Waals surface area contributed by atoms with Gasteiger partial charge in [0.15, 0.2) is 6.29 Å². The molecule has 0 spiro atoms. The maximum absolute atomic E-state index is 12.8. The van der Waals surface area contributed by atoms with Crippen molar-refractivity contribution in [2.45, 2.75) is 20.0 Å². The highest BCUT2D eigenvalue weighted by molar-refractivity contribution is 6.30. The standard InChI is InChI=1S/C14H11ClF3NO/c1-8-3-10(7-20)9(2)19(8)13-5-11(14(16,17)18)4-12(15)6-13/h3-7H,1-2H3. The van der Waals surface area contributed by atoms with Gasteiger partial charge in [-0.3, -0.25) is 4.79 Å². The third kappa shape index (κ3) is 2.58. The fourth-order valence-corrected chi connectivity index (χ4v) is 2.40. The van der Waals surface area contributed by atoms with E-state index in [2.05, 4.69) is 0 Å². The summed E-state index contributed by atoms with van der Waals surface area (Å²) in [7, 11) is 0. The molecule has 0 saturated carbocycles. The van der Waals surface area contributed by atoms with Crippen LogP contribution in [0.5, 0.6) is 0 Å². The molecule has 0 N–H and O–H groups in total. The van der Waals surface area contributed by atoms with Crippen LogP contribution in [0, 0.1) is 13.8 Å². The minimum Gasteiger partial charge on any atom is -0.318 e.